The highest BCUT2D eigenvalue weighted by atomic mass is 16.3. The standard InChI is InChI=1S/C15H28O2.C4H10.C2H6/c1-15(2,11-3-7-13(16)8-4-11)12-5-9-14(17)10-6-12;1-4(2)3;1-2/h11-14,16-17H,3-10H2,1-2H3;4H,1-3H3;1-2H3. The Morgan fingerprint density at radius 1 is 0.652 bits per heavy atom. The predicted molar refractivity (Wildman–Crippen MR) is 102 cm³/mol. The van der Waals surface area contributed by atoms with Gasteiger partial charge >= 0.3 is 0 Å². The molecule has 2 heteroatoms. The van der Waals surface area contributed by atoms with Gasteiger partial charge in [0.05, 0.1) is 12.2 Å². The summed E-state index contributed by atoms with van der Waals surface area (Å²) in [6, 6.07) is 0. The van der Waals surface area contributed by atoms with Crippen LogP contribution in [0.15, 0.2) is 0 Å². The van der Waals surface area contributed by atoms with Crippen molar-refractivity contribution in [2.24, 2.45) is 23.2 Å². The molecule has 2 fully saturated rings. The van der Waals surface area contributed by atoms with E-state index in [0.29, 0.717) is 5.41 Å². The van der Waals surface area contributed by atoms with Gasteiger partial charge in [-0.05, 0) is 74.5 Å². The van der Waals surface area contributed by atoms with Gasteiger partial charge in [-0.2, -0.15) is 0 Å². The van der Waals surface area contributed by atoms with E-state index in [4.69, 9.17) is 0 Å². The van der Waals surface area contributed by atoms with Crippen molar-refractivity contribution >= 4 is 0 Å². The van der Waals surface area contributed by atoms with E-state index in [9.17, 15) is 10.2 Å². The summed E-state index contributed by atoms with van der Waals surface area (Å²) in [6.45, 7) is 15.3. The van der Waals surface area contributed by atoms with Gasteiger partial charge in [-0.25, -0.2) is 0 Å². The van der Waals surface area contributed by atoms with E-state index in [0.717, 1.165) is 43.4 Å². The van der Waals surface area contributed by atoms with Crippen LogP contribution >= 0.6 is 0 Å². The van der Waals surface area contributed by atoms with Gasteiger partial charge in [0.2, 0.25) is 0 Å². The molecule has 0 amide bonds. The smallest absolute Gasteiger partial charge is 0.0540 e. The molecule has 0 atom stereocenters. The molecule has 0 aromatic carbocycles. The largest absolute Gasteiger partial charge is 0.393 e. The van der Waals surface area contributed by atoms with Gasteiger partial charge in [-0.15, -0.1) is 0 Å². The van der Waals surface area contributed by atoms with Crippen LogP contribution in [0.1, 0.15) is 99.8 Å². The quantitative estimate of drug-likeness (QED) is 0.672. The average molecular weight is 329 g/mol. The summed E-state index contributed by atoms with van der Waals surface area (Å²) in [5.74, 6) is 2.37. The average Bonchev–Trinajstić information content (AvgIpc) is 2.49. The Kier molecular flexibility index (Phi) is 11.4. The monoisotopic (exact) mass is 328 g/mol. The van der Waals surface area contributed by atoms with Crippen LogP contribution in [-0.2, 0) is 0 Å². The zero-order valence-corrected chi connectivity index (χ0v) is 16.9. The molecule has 2 nitrogen and oxygen atoms in total. The fourth-order valence-corrected chi connectivity index (χ4v) is 3.97. The molecule has 0 aliphatic heterocycles. The minimum atomic E-state index is -0.0461. The van der Waals surface area contributed by atoms with Crippen molar-refractivity contribution in [2.75, 3.05) is 0 Å². The van der Waals surface area contributed by atoms with Crippen molar-refractivity contribution in [1.29, 1.82) is 0 Å². The van der Waals surface area contributed by atoms with Gasteiger partial charge in [0.25, 0.3) is 0 Å². The number of hydrogen-bond donors (Lipinski definition) is 2. The molecule has 0 heterocycles. The molecule has 0 saturated heterocycles. The van der Waals surface area contributed by atoms with E-state index in [1.165, 1.54) is 25.7 Å². The molecule has 2 N–H and O–H groups in total. The minimum Gasteiger partial charge on any atom is -0.393 e. The Balaban J connectivity index is 0.000000705. The van der Waals surface area contributed by atoms with Crippen LogP contribution in [-0.4, -0.2) is 22.4 Å². The molecule has 0 unspecified atom stereocenters. The summed E-state index contributed by atoms with van der Waals surface area (Å²) >= 11 is 0. The highest BCUT2D eigenvalue weighted by Crippen LogP contribution is 2.48. The molecule has 0 radical (unpaired) electrons. The first kappa shape index (κ1) is 22.9. The number of rotatable bonds is 2. The Morgan fingerprint density at radius 2 is 0.870 bits per heavy atom. The van der Waals surface area contributed by atoms with Gasteiger partial charge < -0.3 is 10.2 Å². The fraction of sp³-hybridized carbons (Fsp3) is 1.00. The van der Waals surface area contributed by atoms with Crippen LogP contribution in [0.2, 0.25) is 0 Å². The van der Waals surface area contributed by atoms with E-state index in [2.05, 4.69) is 34.6 Å². The van der Waals surface area contributed by atoms with Gasteiger partial charge in [-0.1, -0.05) is 48.5 Å². The van der Waals surface area contributed by atoms with E-state index in [-0.39, 0.29) is 12.2 Å². The Labute approximate surface area is 146 Å². The molecular weight excluding hydrogens is 284 g/mol. The second-order valence-electron chi connectivity index (χ2n) is 8.56. The molecule has 2 rings (SSSR count). The molecular formula is C21H44O2. The van der Waals surface area contributed by atoms with Gasteiger partial charge in [0.1, 0.15) is 0 Å². The third kappa shape index (κ3) is 8.54. The number of aliphatic hydroxyl groups is 2. The fourth-order valence-electron chi connectivity index (χ4n) is 3.97. The molecule has 2 saturated carbocycles. The normalized spacial score (nSPS) is 31.6. The van der Waals surface area contributed by atoms with Gasteiger partial charge in [0, 0.05) is 0 Å². The lowest BCUT2D eigenvalue weighted by Crippen LogP contribution is -2.38. The van der Waals surface area contributed by atoms with Crippen molar-refractivity contribution in [3.8, 4) is 0 Å². The predicted octanol–water partition coefficient (Wildman–Crippen LogP) is 5.80. The Morgan fingerprint density at radius 3 is 1.09 bits per heavy atom. The minimum absolute atomic E-state index is 0.0461. The van der Waals surface area contributed by atoms with E-state index >= 15 is 0 Å². The van der Waals surface area contributed by atoms with E-state index in [1.54, 1.807) is 0 Å². The van der Waals surface area contributed by atoms with Crippen molar-refractivity contribution in [1.82, 2.24) is 0 Å². The maximum atomic E-state index is 9.60. The van der Waals surface area contributed by atoms with Crippen LogP contribution in [0.25, 0.3) is 0 Å². The molecule has 2 aliphatic carbocycles. The third-order valence-electron chi connectivity index (χ3n) is 5.50. The zero-order valence-electron chi connectivity index (χ0n) is 16.9. The second-order valence-corrected chi connectivity index (χ2v) is 8.56. The molecule has 0 aromatic rings. The van der Waals surface area contributed by atoms with Crippen molar-refractivity contribution in [3.63, 3.8) is 0 Å². The molecule has 0 aromatic heterocycles. The summed E-state index contributed by atoms with van der Waals surface area (Å²) in [5, 5.41) is 19.2. The Hall–Kier alpha value is -0.0800. The van der Waals surface area contributed by atoms with E-state index in [1.807, 2.05) is 13.8 Å². The first-order valence-corrected chi connectivity index (χ1v) is 10.1. The maximum Gasteiger partial charge on any atom is 0.0540 e. The first-order chi connectivity index (χ1) is 10.7. The summed E-state index contributed by atoms with van der Waals surface area (Å²) in [5.41, 5.74) is 0.389. The summed E-state index contributed by atoms with van der Waals surface area (Å²) in [6.07, 6.45) is 8.62. The molecule has 23 heavy (non-hydrogen) atoms. The number of hydrogen-bond acceptors (Lipinski definition) is 2. The topological polar surface area (TPSA) is 40.5 Å². The Bertz CT molecular complexity index is 243. The van der Waals surface area contributed by atoms with Crippen LogP contribution in [0.3, 0.4) is 0 Å². The lowest BCUT2D eigenvalue weighted by molar-refractivity contribution is 0.00233. The maximum absolute atomic E-state index is 9.60. The van der Waals surface area contributed by atoms with Crippen LogP contribution in [0, 0.1) is 23.2 Å². The highest BCUT2D eigenvalue weighted by molar-refractivity contribution is 4.90. The highest BCUT2D eigenvalue weighted by Gasteiger charge is 2.39. The zero-order chi connectivity index (χ0) is 18.0. The van der Waals surface area contributed by atoms with Gasteiger partial charge in [0.15, 0.2) is 0 Å². The molecule has 140 valence electrons. The van der Waals surface area contributed by atoms with Crippen molar-refractivity contribution in [3.05, 3.63) is 0 Å². The summed E-state index contributed by atoms with van der Waals surface area (Å²) in [7, 11) is 0. The lowest BCUT2D eigenvalue weighted by atomic mass is 9.60. The lowest BCUT2D eigenvalue weighted by Gasteiger charge is -2.46. The first-order valence-electron chi connectivity index (χ1n) is 10.1. The molecule has 2 aliphatic rings. The number of aliphatic hydroxyl groups excluding tert-OH is 2. The van der Waals surface area contributed by atoms with Crippen LogP contribution in [0.5, 0.6) is 0 Å². The second kappa shape index (κ2) is 11.5. The molecule has 0 bridgehead atoms. The van der Waals surface area contributed by atoms with Crippen LogP contribution < -0.4 is 0 Å². The summed E-state index contributed by atoms with van der Waals surface area (Å²) < 4.78 is 0. The third-order valence-corrected chi connectivity index (χ3v) is 5.50. The van der Waals surface area contributed by atoms with Crippen LogP contribution in [0.4, 0.5) is 0 Å². The summed E-state index contributed by atoms with van der Waals surface area (Å²) in [4.78, 5) is 0. The molecule has 0 spiro atoms. The van der Waals surface area contributed by atoms with Crippen molar-refractivity contribution in [2.45, 2.75) is 112 Å². The SMILES string of the molecule is CC.CC(C)(C1CCC(O)CC1)C1CCC(O)CC1.CC(C)C. The van der Waals surface area contributed by atoms with Crippen molar-refractivity contribution < 1.29 is 10.2 Å². The van der Waals surface area contributed by atoms with E-state index < -0.39 is 0 Å². The van der Waals surface area contributed by atoms with Gasteiger partial charge in [-0.3, -0.25) is 0 Å².